The summed E-state index contributed by atoms with van der Waals surface area (Å²) in [6.07, 6.45) is 3.80. The summed E-state index contributed by atoms with van der Waals surface area (Å²) in [6.45, 7) is 6.07. The maximum absolute atomic E-state index is 11.9. The fourth-order valence-corrected chi connectivity index (χ4v) is 3.39. The summed E-state index contributed by atoms with van der Waals surface area (Å²) in [5.41, 5.74) is 0.431. The molecule has 1 atom stereocenters. The van der Waals surface area contributed by atoms with Gasteiger partial charge in [0.2, 0.25) is 0 Å². The number of aliphatic hydroxyl groups excluding tert-OH is 1. The summed E-state index contributed by atoms with van der Waals surface area (Å²) in [6, 6.07) is 2.09. The molecule has 2 N–H and O–H groups in total. The quantitative estimate of drug-likeness (QED) is 0.805. The molecule has 1 amide bonds. The summed E-state index contributed by atoms with van der Waals surface area (Å²) in [5, 5.41) is 17.0. The predicted octanol–water partition coefficient (Wildman–Crippen LogP) is 3.59. The Hall–Kier alpha value is -1.07. The van der Waals surface area contributed by atoms with Crippen molar-refractivity contribution in [3.63, 3.8) is 0 Å². The van der Waals surface area contributed by atoms with Gasteiger partial charge in [-0.1, -0.05) is 12.8 Å². The van der Waals surface area contributed by atoms with E-state index in [1.807, 2.05) is 20.8 Å². The van der Waals surface area contributed by atoms with Gasteiger partial charge in [0.15, 0.2) is 0 Å². The van der Waals surface area contributed by atoms with E-state index in [2.05, 4.69) is 22.1 Å². The Bertz CT molecular complexity index is 477. The molecule has 0 bridgehead atoms. The van der Waals surface area contributed by atoms with Gasteiger partial charge in [0.25, 0.3) is 0 Å². The molecule has 1 aromatic heterocycles. The number of rotatable bonds is 7. The molecule has 1 fully saturated rings. The molecule has 0 saturated heterocycles. The van der Waals surface area contributed by atoms with Gasteiger partial charge in [-0.15, -0.1) is 0 Å². The summed E-state index contributed by atoms with van der Waals surface area (Å²) >= 11 is 1.66. The Morgan fingerprint density at radius 3 is 2.68 bits per heavy atom. The van der Waals surface area contributed by atoms with Crippen molar-refractivity contribution in [3.05, 3.63) is 22.4 Å². The van der Waals surface area contributed by atoms with Gasteiger partial charge >= 0.3 is 6.09 Å². The highest BCUT2D eigenvalue weighted by Gasteiger charge is 2.37. The van der Waals surface area contributed by atoms with Crippen LogP contribution in [-0.4, -0.2) is 30.0 Å². The second-order valence-electron chi connectivity index (χ2n) is 7.47. The molecule has 1 saturated carbocycles. The molecule has 4 nitrogen and oxygen atoms in total. The number of alkyl carbamates (subject to hydrolysis) is 1. The van der Waals surface area contributed by atoms with E-state index in [-0.39, 0.29) is 12.0 Å². The highest BCUT2D eigenvalue weighted by molar-refractivity contribution is 7.07. The van der Waals surface area contributed by atoms with Crippen molar-refractivity contribution in [2.45, 2.75) is 52.1 Å². The van der Waals surface area contributed by atoms with E-state index in [1.165, 1.54) is 18.4 Å². The number of amides is 1. The van der Waals surface area contributed by atoms with Crippen molar-refractivity contribution in [2.24, 2.45) is 11.3 Å². The number of aliphatic hydroxyl groups is 1. The summed E-state index contributed by atoms with van der Waals surface area (Å²) in [7, 11) is 0. The van der Waals surface area contributed by atoms with Crippen molar-refractivity contribution in [1.82, 2.24) is 5.32 Å². The summed E-state index contributed by atoms with van der Waals surface area (Å²) in [4.78, 5) is 11.9. The molecule has 2 rings (SSSR count). The molecule has 0 aliphatic heterocycles. The van der Waals surface area contributed by atoms with Gasteiger partial charge in [0.05, 0.1) is 6.61 Å². The Morgan fingerprint density at radius 1 is 1.45 bits per heavy atom. The lowest BCUT2D eigenvalue weighted by Crippen LogP contribution is -2.43. The largest absolute Gasteiger partial charge is 0.444 e. The molecule has 1 aromatic rings. The third-order valence-corrected chi connectivity index (χ3v) is 4.65. The lowest BCUT2D eigenvalue weighted by atomic mass is 9.78. The van der Waals surface area contributed by atoms with Gasteiger partial charge in [-0.05, 0) is 61.9 Å². The van der Waals surface area contributed by atoms with E-state index in [0.717, 1.165) is 12.8 Å². The minimum Gasteiger partial charge on any atom is -0.444 e. The normalized spacial score (nSPS) is 17.8. The van der Waals surface area contributed by atoms with Crippen LogP contribution in [0.3, 0.4) is 0 Å². The topological polar surface area (TPSA) is 58.6 Å². The van der Waals surface area contributed by atoms with Crippen molar-refractivity contribution < 1.29 is 14.6 Å². The second-order valence-corrected chi connectivity index (χ2v) is 8.25. The Balaban J connectivity index is 1.98. The SMILES string of the molecule is CC(C)(C)OC(=O)NCC(CO)(Cc1ccsc1)CC1CC1. The van der Waals surface area contributed by atoms with Crippen molar-refractivity contribution in [1.29, 1.82) is 0 Å². The smallest absolute Gasteiger partial charge is 0.407 e. The molecular formula is C17H27NO3S. The molecule has 1 unspecified atom stereocenters. The number of hydrogen-bond donors (Lipinski definition) is 2. The molecule has 1 aliphatic carbocycles. The van der Waals surface area contributed by atoms with Crippen LogP contribution in [0.5, 0.6) is 0 Å². The molecule has 0 radical (unpaired) electrons. The average molecular weight is 325 g/mol. The number of thiophene rings is 1. The molecular weight excluding hydrogens is 298 g/mol. The number of carbonyl (C=O) groups is 1. The molecule has 1 aliphatic rings. The molecule has 22 heavy (non-hydrogen) atoms. The van der Waals surface area contributed by atoms with Crippen LogP contribution in [0.25, 0.3) is 0 Å². The average Bonchev–Trinajstić information content (AvgIpc) is 3.08. The van der Waals surface area contributed by atoms with Gasteiger partial charge in [-0.3, -0.25) is 0 Å². The van der Waals surface area contributed by atoms with Crippen LogP contribution in [0, 0.1) is 11.3 Å². The third kappa shape index (κ3) is 5.61. The van der Waals surface area contributed by atoms with Gasteiger partial charge in [0.1, 0.15) is 5.60 Å². The van der Waals surface area contributed by atoms with Crippen LogP contribution in [0.2, 0.25) is 0 Å². The van der Waals surface area contributed by atoms with E-state index < -0.39 is 11.7 Å². The Labute approximate surface area is 136 Å². The lowest BCUT2D eigenvalue weighted by Gasteiger charge is -2.32. The molecule has 0 aromatic carbocycles. The van der Waals surface area contributed by atoms with E-state index in [4.69, 9.17) is 4.74 Å². The summed E-state index contributed by atoms with van der Waals surface area (Å²) < 4.78 is 5.30. The van der Waals surface area contributed by atoms with E-state index in [0.29, 0.717) is 12.5 Å². The van der Waals surface area contributed by atoms with Gasteiger partial charge in [0, 0.05) is 12.0 Å². The minimum atomic E-state index is -0.504. The first kappa shape index (κ1) is 17.3. The monoisotopic (exact) mass is 325 g/mol. The number of hydrogen-bond acceptors (Lipinski definition) is 4. The standard InChI is InChI=1S/C17H27NO3S/c1-16(2,3)21-15(20)18-11-17(12-19,8-13-4-5-13)9-14-6-7-22-10-14/h6-7,10,13,19H,4-5,8-9,11-12H2,1-3H3,(H,18,20). The summed E-state index contributed by atoms with van der Waals surface area (Å²) in [5.74, 6) is 0.686. The Kier molecular flexibility index (Phi) is 5.50. The van der Waals surface area contributed by atoms with Crippen molar-refractivity contribution in [3.8, 4) is 0 Å². The first-order valence-corrected chi connectivity index (χ1v) is 8.85. The zero-order chi connectivity index (χ0) is 16.2. The molecule has 0 spiro atoms. The van der Waals surface area contributed by atoms with Crippen LogP contribution >= 0.6 is 11.3 Å². The second kappa shape index (κ2) is 7.01. The van der Waals surface area contributed by atoms with Gasteiger partial charge in [-0.25, -0.2) is 4.79 Å². The molecule has 1 heterocycles. The van der Waals surface area contributed by atoms with Crippen molar-refractivity contribution >= 4 is 17.4 Å². The Morgan fingerprint density at radius 2 is 2.18 bits per heavy atom. The van der Waals surface area contributed by atoms with E-state index in [1.54, 1.807) is 11.3 Å². The maximum Gasteiger partial charge on any atom is 0.407 e. The number of carbonyl (C=O) groups excluding carboxylic acids is 1. The van der Waals surface area contributed by atoms with Crippen LogP contribution in [0.1, 0.15) is 45.6 Å². The highest BCUT2D eigenvalue weighted by Crippen LogP contribution is 2.42. The lowest BCUT2D eigenvalue weighted by molar-refractivity contribution is 0.0449. The fraction of sp³-hybridized carbons (Fsp3) is 0.706. The zero-order valence-electron chi connectivity index (χ0n) is 13.7. The fourth-order valence-electron chi connectivity index (χ4n) is 2.72. The predicted molar refractivity (Wildman–Crippen MR) is 89.1 cm³/mol. The van der Waals surface area contributed by atoms with Crippen LogP contribution in [0.4, 0.5) is 4.79 Å². The highest BCUT2D eigenvalue weighted by atomic mass is 32.1. The van der Waals surface area contributed by atoms with Gasteiger partial charge < -0.3 is 15.2 Å². The number of nitrogens with one attached hydrogen (secondary N) is 1. The molecule has 5 heteroatoms. The molecule has 124 valence electrons. The first-order valence-electron chi connectivity index (χ1n) is 7.91. The van der Waals surface area contributed by atoms with Crippen LogP contribution in [0.15, 0.2) is 16.8 Å². The third-order valence-electron chi connectivity index (χ3n) is 3.92. The first-order chi connectivity index (χ1) is 10.3. The van der Waals surface area contributed by atoms with Gasteiger partial charge in [-0.2, -0.15) is 11.3 Å². The maximum atomic E-state index is 11.9. The van der Waals surface area contributed by atoms with Crippen LogP contribution in [-0.2, 0) is 11.2 Å². The van der Waals surface area contributed by atoms with E-state index in [9.17, 15) is 9.90 Å². The van der Waals surface area contributed by atoms with E-state index >= 15 is 0 Å². The van der Waals surface area contributed by atoms with Crippen LogP contribution < -0.4 is 5.32 Å². The number of ether oxygens (including phenoxy) is 1. The minimum absolute atomic E-state index is 0.0785. The zero-order valence-corrected chi connectivity index (χ0v) is 14.5. The van der Waals surface area contributed by atoms with Crippen molar-refractivity contribution in [2.75, 3.05) is 13.2 Å².